The van der Waals surface area contributed by atoms with Gasteiger partial charge in [0, 0.05) is 38.6 Å². The maximum absolute atomic E-state index is 9.68. The first-order chi connectivity index (χ1) is 11.6. The summed E-state index contributed by atoms with van der Waals surface area (Å²) in [5.74, 6) is 2.82. The highest BCUT2D eigenvalue weighted by Gasteiger charge is 2.25. The highest BCUT2D eigenvalue weighted by Crippen LogP contribution is 2.39. The van der Waals surface area contributed by atoms with Crippen LogP contribution >= 0.6 is 11.3 Å². The molecule has 0 amide bonds. The number of H-pyrrole nitrogens is 1. The maximum atomic E-state index is 9.68. The number of hydrogen-bond donors (Lipinski definition) is 3. The Morgan fingerprint density at radius 1 is 1.42 bits per heavy atom. The predicted molar refractivity (Wildman–Crippen MR) is 101 cm³/mol. The van der Waals surface area contributed by atoms with E-state index in [4.69, 9.17) is 0 Å². The average molecular weight is 347 g/mol. The van der Waals surface area contributed by atoms with Crippen LogP contribution in [-0.2, 0) is 0 Å². The maximum Gasteiger partial charge on any atom is 0.171 e. The summed E-state index contributed by atoms with van der Waals surface area (Å²) >= 11 is 1.51. The number of aryl methyl sites for hydroxylation is 1. The van der Waals surface area contributed by atoms with Crippen LogP contribution in [0.3, 0.4) is 0 Å². The van der Waals surface area contributed by atoms with E-state index >= 15 is 0 Å². The summed E-state index contributed by atoms with van der Waals surface area (Å²) in [6.07, 6.45) is 3.81. The Hall–Kier alpha value is -2.25. The third kappa shape index (κ3) is 3.05. The molecule has 1 aliphatic carbocycles. The van der Waals surface area contributed by atoms with Crippen LogP contribution in [0.2, 0.25) is 0 Å². The van der Waals surface area contributed by atoms with E-state index < -0.39 is 6.10 Å². The Bertz CT molecular complexity index is 879. The van der Waals surface area contributed by atoms with E-state index in [1.807, 2.05) is 19.1 Å². The van der Waals surface area contributed by atoms with E-state index in [2.05, 4.69) is 31.5 Å². The highest BCUT2D eigenvalue weighted by molar-refractivity contribution is 7.15. The van der Waals surface area contributed by atoms with Crippen LogP contribution in [0.1, 0.15) is 52.2 Å². The molecule has 0 radical (unpaired) electrons. The molecule has 0 saturated heterocycles. The summed E-state index contributed by atoms with van der Waals surface area (Å²) in [4.78, 5) is 10.9. The molecule has 3 N–H and O–H groups in total. The lowest BCUT2D eigenvalue weighted by molar-refractivity contribution is 0.203. The summed E-state index contributed by atoms with van der Waals surface area (Å²) < 4.78 is 0. The first-order valence-corrected chi connectivity index (χ1v) is 8.86. The van der Waals surface area contributed by atoms with Gasteiger partial charge in [0.25, 0.3) is 0 Å². The molecule has 0 aromatic carbocycles. The zero-order valence-electron chi connectivity index (χ0n) is 13.6. The lowest BCUT2D eigenvalue weighted by atomic mass is 10.3. The molecule has 0 unspecified atom stereocenters. The fraction of sp³-hybridized carbons (Fsp3) is 0.353. The first kappa shape index (κ1) is 15.3. The molecule has 1 atom stereocenters. The molecule has 3 heterocycles. The molecule has 1 aliphatic rings. The Balaban J connectivity index is 0.00000121. The Labute approximate surface area is 148 Å². The number of aromatic nitrogens is 4. The second-order valence-corrected chi connectivity index (χ2v) is 7.33. The van der Waals surface area contributed by atoms with E-state index in [9.17, 15) is 5.11 Å². The number of aliphatic hydroxyl groups is 1. The lowest BCUT2D eigenvalue weighted by Crippen LogP contribution is -1.99. The number of hydrogen-bond acceptors (Lipinski definition) is 6. The lowest BCUT2D eigenvalue weighted by Gasteiger charge is -2.07. The van der Waals surface area contributed by atoms with Crippen molar-refractivity contribution in [3.8, 4) is 10.7 Å². The zero-order valence-corrected chi connectivity index (χ0v) is 14.4. The number of nitrogens with one attached hydrogen (secondary N) is 2. The summed E-state index contributed by atoms with van der Waals surface area (Å²) in [5, 5.41) is 20.4. The van der Waals surface area contributed by atoms with Gasteiger partial charge in [0.05, 0.1) is 11.0 Å². The minimum absolute atomic E-state index is 0. The van der Waals surface area contributed by atoms with Crippen molar-refractivity contribution < 1.29 is 9.39 Å². The number of rotatable bonds is 5. The first-order valence-electron chi connectivity index (χ1n) is 8.04. The van der Waals surface area contributed by atoms with Gasteiger partial charge >= 0.3 is 0 Å². The van der Waals surface area contributed by atoms with E-state index in [1.165, 1.54) is 29.9 Å². The molecular formula is C17H25N5OS. The molecule has 4 rings (SSSR count). The SMILES string of the molecule is Cc1cnc(-c2ccc([C@H](C)O)s2)nc1Nc1cc(C2CC2)[nH]n1.[HH].[HH].[HH]. The van der Waals surface area contributed by atoms with E-state index in [0.717, 1.165) is 27.0 Å². The molecule has 6 nitrogen and oxygen atoms in total. The molecule has 7 heteroatoms. The van der Waals surface area contributed by atoms with Crippen LogP contribution in [0, 0.1) is 6.92 Å². The topological polar surface area (TPSA) is 86.7 Å². The summed E-state index contributed by atoms with van der Waals surface area (Å²) in [5.41, 5.74) is 2.14. The van der Waals surface area contributed by atoms with Crippen molar-refractivity contribution in [2.75, 3.05) is 5.32 Å². The number of aliphatic hydroxyl groups excluding tert-OH is 1. The Kier molecular flexibility index (Phi) is 3.82. The van der Waals surface area contributed by atoms with Crippen LogP contribution < -0.4 is 5.32 Å². The third-order valence-corrected chi connectivity index (χ3v) is 5.34. The van der Waals surface area contributed by atoms with Gasteiger partial charge in [-0.25, -0.2) is 9.97 Å². The molecule has 1 fully saturated rings. The van der Waals surface area contributed by atoms with E-state index in [1.54, 1.807) is 13.1 Å². The van der Waals surface area contributed by atoms with Crippen LogP contribution in [-0.4, -0.2) is 25.3 Å². The van der Waals surface area contributed by atoms with Gasteiger partial charge in [-0.05, 0) is 38.8 Å². The van der Waals surface area contributed by atoms with Crippen LogP contribution in [0.5, 0.6) is 0 Å². The largest absolute Gasteiger partial charge is 0.388 e. The second-order valence-electron chi connectivity index (χ2n) is 6.21. The van der Waals surface area contributed by atoms with Crippen molar-refractivity contribution in [1.82, 2.24) is 20.2 Å². The normalized spacial score (nSPS) is 15.5. The number of anilines is 2. The van der Waals surface area contributed by atoms with Crippen molar-refractivity contribution in [2.45, 2.75) is 38.7 Å². The van der Waals surface area contributed by atoms with Crippen LogP contribution in [0.4, 0.5) is 11.6 Å². The van der Waals surface area contributed by atoms with Crippen LogP contribution in [0.15, 0.2) is 24.4 Å². The van der Waals surface area contributed by atoms with Gasteiger partial charge < -0.3 is 10.4 Å². The number of thiophene rings is 1. The van der Waals surface area contributed by atoms with Gasteiger partial charge in [-0.2, -0.15) is 5.10 Å². The standard InChI is InChI=1S/C17H19N5OS.3H2/c1-9-8-18-17(14-6-5-13(24-14)10(2)23)20-16(9)19-15-7-12(21-22-15)11-3-4-11;;;/h5-8,10-11,23H,3-4H2,1-2H3,(H2,18,19,20,21,22);3*1H/t10-;;;/m0.../s1. The molecule has 24 heavy (non-hydrogen) atoms. The van der Waals surface area contributed by atoms with Crippen molar-refractivity contribution in [3.63, 3.8) is 0 Å². The molecule has 0 bridgehead atoms. The third-order valence-electron chi connectivity index (χ3n) is 4.09. The Morgan fingerprint density at radius 3 is 2.96 bits per heavy atom. The molecule has 3 aromatic rings. The molecule has 3 aromatic heterocycles. The van der Waals surface area contributed by atoms with Crippen molar-refractivity contribution in [1.29, 1.82) is 0 Å². The minimum atomic E-state index is -0.475. The summed E-state index contributed by atoms with van der Waals surface area (Å²) in [6, 6.07) is 5.91. The molecule has 0 spiro atoms. The molecule has 0 aliphatic heterocycles. The molecular weight excluding hydrogens is 322 g/mol. The molecule has 130 valence electrons. The van der Waals surface area contributed by atoms with E-state index in [-0.39, 0.29) is 4.28 Å². The predicted octanol–water partition coefficient (Wildman–Crippen LogP) is 4.65. The van der Waals surface area contributed by atoms with Gasteiger partial charge in [0.15, 0.2) is 11.6 Å². The quantitative estimate of drug-likeness (QED) is 0.625. The van der Waals surface area contributed by atoms with Crippen molar-refractivity contribution >= 4 is 23.0 Å². The van der Waals surface area contributed by atoms with Crippen LogP contribution in [0.25, 0.3) is 10.7 Å². The fourth-order valence-corrected chi connectivity index (χ4v) is 3.40. The van der Waals surface area contributed by atoms with Gasteiger partial charge in [0.2, 0.25) is 0 Å². The van der Waals surface area contributed by atoms with Gasteiger partial charge in [-0.15, -0.1) is 11.3 Å². The van der Waals surface area contributed by atoms with Gasteiger partial charge in [-0.3, -0.25) is 5.10 Å². The second kappa shape index (κ2) is 5.99. The van der Waals surface area contributed by atoms with Gasteiger partial charge in [0.1, 0.15) is 5.82 Å². The fourth-order valence-electron chi connectivity index (χ4n) is 2.51. The minimum Gasteiger partial charge on any atom is -0.388 e. The average Bonchev–Trinajstić information content (AvgIpc) is 3.10. The summed E-state index contributed by atoms with van der Waals surface area (Å²) in [7, 11) is 0. The smallest absolute Gasteiger partial charge is 0.171 e. The molecule has 1 saturated carbocycles. The van der Waals surface area contributed by atoms with E-state index in [0.29, 0.717) is 11.7 Å². The number of aromatic amines is 1. The Morgan fingerprint density at radius 2 is 2.25 bits per heavy atom. The summed E-state index contributed by atoms with van der Waals surface area (Å²) in [6.45, 7) is 3.73. The number of nitrogens with zero attached hydrogens (tertiary/aromatic N) is 3. The zero-order chi connectivity index (χ0) is 16.7. The van der Waals surface area contributed by atoms with Gasteiger partial charge in [-0.1, -0.05) is 0 Å². The monoisotopic (exact) mass is 347 g/mol. The van der Waals surface area contributed by atoms with Crippen molar-refractivity contribution in [2.24, 2.45) is 0 Å². The highest BCUT2D eigenvalue weighted by atomic mass is 32.1. The van der Waals surface area contributed by atoms with Crippen molar-refractivity contribution in [3.05, 3.63) is 40.5 Å².